The van der Waals surface area contributed by atoms with Crippen LogP contribution in [0.3, 0.4) is 0 Å². The van der Waals surface area contributed by atoms with Crippen LogP contribution in [-0.4, -0.2) is 0 Å². The molecule has 0 atom stereocenters. The van der Waals surface area contributed by atoms with Crippen LogP contribution in [0.4, 0.5) is 0 Å². The molecule has 0 unspecified atom stereocenters. The SMILES string of the molecule is Cc1[c]cccc1-c1cc(Cl)ccc1C. The van der Waals surface area contributed by atoms with Crippen LogP contribution in [0.25, 0.3) is 11.1 Å². The molecule has 0 heterocycles. The molecule has 0 aliphatic rings. The van der Waals surface area contributed by atoms with Gasteiger partial charge < -0.3 is 0 Å². The fourth-order valence-electron chi connectivity index (χ4n) is 1.70. The predicted molar refractivity (Wildman–Crippen MR) is 65.2 cm³/mol. The van der Waals surface area contributed by atoms with Gasteiger partial charge in [-0.3, -0.25) is 0 Å². The van der Waals surface area contributed by atoms with E-state index in [9.17, 15) is 0 Å². The third-order valence-electron chi connectivity index (χ3n) is 2.55. The molecular weight excluding hydrogens is 204 g/mol. The Balaban J connectivity index is 2.64. The molecule has 0 saturated heterocycles. The summed E-state index contributed by atoms with van der Waals surface area (Å²) in [7, 11) is 0. The summed E-state index contributed by atoms with van der Waals surface area (Å²) in [5, 5.41) is 0.777. The molecule has 2 rings (SSSR count). The zero-order valence-corrected chi connectivity index (χ0v) is 9.60. The van der Waals surface area contributed by atoms with Crippen molar-refractivity contribution < 1.29 is 0 Å². The standard InChI is InChI=1S/C14H12Cl/c1-10-5-3-4-6-13(10)14-9-12(15)8-7-11(14)2/h3-4,6-9H,1-2H3. The molecule has 1 heteroatoms. The molecule has 2 aromatic rings. The van der Waals surface area contributed by atoms with Gasteiger partial charge in [-0.2, -0.15) is 0 Å². The highest BCUT2D eigenvalue weighted by molar-refractivity contribution is 6.30. The second-order valence-corrected chi connectivity index (χ2v) is 4.10. The van der Waals surface area contributed by atoms with E-state index in [4.69, 9.17) is 11.6 Å². The smallest absolute Gasteiger partial charge is 0.0412 e. The van der Waals surface area contributed by atoms with Crippen LogP contribution in [0, 0.1) is 19.9 Å². The molecule has 0 nitrogen and oxygen atoms in total. The Hall–Kier alpha value is -1.27. The van der Waals surface area contributed by atoms with E-state index in [-0.39, 0.29) is 0 Å². The van der Waals surface area contributed by atoms with Gasteiger partial charge in [-0.05, 0) is 54.3 Å². The Morgan fingerprint density at radius 1 is 1.07 bits per heavy atom. The molecule has 0 fully saturated rings. The summed E-state index contributed by atoms with van der Waals surface area (Å²) in [6.45, 7) is 4.16. The van der Waals surface area contributed by atoms with Crippen LogP contribution in [0.1, 0.15) is 11.1 Å². The first-order valence-corrected chi connectivity index (χ1v) is 5.30. The summed E-state index contributed by atoms with van der Waals surface area (Å²) >= 11 is 6.01. The van der Waals surface area contributed by atoms with E-state index in [0.717, 1.165) is 10.6 Å². The molecule has 15 heavy (non-hydrogen) atoms. The average molecular weight is 216 g/mol. The number of halogens is 1. The second-order valence-electron chi connectivity index (χ2n) is 3.67. The summed E-state index contributed by atoms with van der Waals surface area (Å²) in [5.41, 5.74) is 4.79. The highest BCUT2D eigenvalue weighted by Crippen LogP contribution is 2.28. The van der Waals surface area contributed by atoms with Crippen LogP contribution in [0.2, 0.25) is 5.02 Å². The normalized spacial score (nSPS) is 10.3. The Morgan fingerprint density at radius 3 is 2.60 bits per heavy atom. The van der Waals surface area contributed by atoms with Crippen LogP contribution in [-0.2, 0) is 0 Å². The minimum atomic E-state index is 0.777. The summed E-state index contributed by atoms with van der Waals surface area (Å²) < 4.78 is 0. The summed E-state index contributed by atoms with van der Waals surface area (Å²) in [4.78, 5) is 0. The Kier molecular flexibility index (Phi) is 2.79. The molecule has 0 aliphatic carbocycles. The van der Waals surface area contributed by atoms with Crippen molar-refractivity contribution >= 4 is 11.6 Å². The molecule has 0 amide bonds. The maximum Gasteiger partial charge on any atom is 0.0412 e. The maximum atomic E-state index is 6.01. The zero-order valence-electron chi connectivity index (χ0n) is 8.84. The van der Waals surface area contributed by atoms with Gasteiger partial charge in [0.15, 0.2) is 0 Å². The third kappa shape index (κ3) is 2.05. The van der Waals surface area contributed by atoms with E-state index in [1.807, 2.05) is 30.3 Å². The Labute approximate surface area is 95.5 Å². The van der Waals surface area contributed by atoms with Crippen LogP contribution in [0.15, 0.2) is 36.4 Å². The largest absolute Gasteiger partial charge is 0.0843 e. The molecular formula is C14H12Cl. The molecule has 0 spiro atoms. The average Bonchev–Trinajstić information content (AvgIpc) is 2.23. The first kappa shape index (κ1) is 10.3. The van der Waals surface area contributed by atoms with E-state index < -0.39 is 0 Å². The van der Waals surface area contributed by atoms with E-state index in [0.29, 0.717) is 0 Å². The predicted octanol–water partition coefficient (Wildman–Crippen LogP) is 4.42. The lowest BCUT2D eigenvalue weighted by atomic mass is 9.97. The highest BCUT2D eigenvalue weighted by Gasteiger charge is 2.04. The fraction of sp³-hybridized carbons (Fsp3) is 0.143. The van der Waals surface area contributed by atoms with Gasteiger partial charge in [-0.1, -0.05) is 35.9 Å². The summed E-state index contributed by atoms with van der Waals surface area (Å²) in [6, 6.07) is 15.2. The van der Waals surface area contributed by atoms with Gasteiger partial charge in [-0.25, -0.2) is 0 Å². The van der Waals surface area contributed by atoms with Gasteiger partial charge >= 0.3 is 0 Å². The summed E-state index contributed by atoms with van der Waals surface area (Å²) in [5.74, 6) is 0. The van der Waals surface area contributed by atoms with E-state index in [1.165, 1.54) is 16.7 Å². The molecule has 1 radical (unpaired) electrons. The van der Waals surface area contributed by atoms with E-state index in [1.54, 1.807) is 0 Å². The van der Waals surface area contributed by atoms with Crippen molar-refractivity contribution in [2.24, 2.45) is 0 Å². The van der Waals surface area contributed by atoms with Gasteiger partial charge in [0.05, 0.1) is 0 Å². The molecule has 0 aliphatic heterocycles. The van der Waals surface area contributed by atoms with Crippen molar-refractivity contribution in [2.45, 2.75) is 13.8 Å². The minimum absolute atomic E-state index is 0.777. The van der Waals surface area contributed by atoms with Crippen LogP contribution < -0.4 is 0 Å². The van der Waals surface area contributed by atoms with Gasteiger partial charge in [0.25, 0.3) is 0 Å². The van der Waals surface area contributed by atoms with E-state index in [2.05, 4.69) is 26.0 Å². The van der Waals surface area contributed by atoms with Crippen LogP contribution in [0.5, 0.6) is 0 Å². The second kappa shape index (κ2) is 4.08. The fourth-order valence-corrected chi connectivity index (χ4v) is 1.87. The van der Waals surface area contributed by atoms with Crippen molar-refractivity contribution in [3.63, 3.8) is 0 Å². The highest BCUT2D eigenvalue weighted by atomic mass is 35.5. The molecule has 0 saturated carbocycles. The van der Waals surface area contributed by atoms with Crippen molar-refractivity contribution in [2.75, 3.05) is 0 Å². The lowest BCUT2D eigenvalue weighted by Crippen LogP contribution is -1.86. The van der Waals surface area contributed by atoms with E-state index >= 15 is 0 Å². The van der Waals surface area contributed by atoms with Crippen molar-refractivity contribution in [1.82, 2.24) is 0 Å². The number of hydrogen-bond donors (Lipinski definition) is 0. The lowest BCUT2D eigenvalue weighted by Gasteiger charge is -2.09. The Morgan fingerprint density at radius 2 is 1.87 bits per heavy atom. The zero-order chi connectivity index (χ0) is 10.8. The number of rotatable bonds is 1. The Bertz CT molecular complexity index is 486. The quantitative estimate of drug-likeness (QED) is 0.661. The first-order valence-electron chi connectivity index (χ1n) is 4.92. The molecule has 0 N–H and O–H groups in total. The number of benzene rings is 2. The monoisotopic (exact) mass is 215 g/mol. The molecule has 0 aromatic heterocycles. The lowest BCUT2D eigenvalue weighted by molar-refractivity contribution is 1.40. The van der Waals surface area contributed by atoms with Gasteiger partial charge in [-0.15, -0.1) is 0 Å². The van der Waals surface area contributed by atoms with Crippen molar-refractivity contribution in [1.29, 1.82) is 0 Å². The van der Waals surface area contributed by atoms with Gasteiger partial charge in [0, 0.05) is 5.02 Å². The number of hydrogen-bond acceptors (Lipinski definition) is 0. The topological polar surface area (TPSA) is 0 Å². The first-order chi connectivity index (χ1) is 7.18. The molecule has 2 aromatic carbocycles. The van der Waals surface area contributed by atoms with Crippen LogP contribution >= 0.6 is 11.6 Å². The minimum Gasteiger partial charge on any atom is -0.0843 e. The van der Waals surface area contributed by atoms with Crippen molar-refractivity contribution in [3.05, 3.63) is 58.6 Å². The third-order valence-corrected chi connectivity index (χ3v) is 2.79. The summed E-state index contributed by atoms with van der Waals surface area (Å²) in [6.07, 6.45) is 0. The van der Waals surface area contributed by atoms with Gasteiger partial charge in [0.2, 0.25) is 0 Å². The van der Waals surface area contributed by atoms with Gasteiger partial charge in [0.1, 0.15) is 0 Å². The molecule has 0 bridgehead atoms. The molecule has 75 valence electrons. The number of aryl methyl sites for hydroxylation is 2. The maximum absolute atomic E-state index is 6.01. The van der Waals surface area contributed by atoms with Crippen molar-refractivity contribution in [3.8, 4) is 11.1 Å².